The molecule has 2 aromatic carbocycles. The van der Waals surface area contributed by atoms with Crippen LogP contribution in [0.5, 0.6) is 23.0 Å². The molecule has 0 bridgehead atoms. The Kier molecular flexibility index (Phi) is 6.92. The molecule has 140 valence electrons. The minimum Gasteiger partial charge on any atom is -0.493 e. The third-order valence-electron chi connectivity index (χ3n) is 4.11. The molecule has 0 aliphatic heterocycles. The number of aliphatic hydroxyl groups excluding tert-OH is 1. The van der Waals surface area contributed by atoms with E-state index in [9.17, 15) is 5.11 Å². The van der Waals surface area contributed by atoms with Gasteiger partial charge in [0.15, 0.2) is 23.0 Å². The van der Waals surface area contributed by atoms with Crippen LogP contribution in [0.3, 0.4) is 0 Å². The molecule has 0 fully saturated rings. The van der Waals surface area contributed by atoms with E-state index < -0.39 is 12.2 Å². The lowest BCUT2D eigenvalue weighted by Gasteiger charge is -2.23. The molecule has 0 radical (unpaired) electrons. The van der Waals surface area contributed by atoms with Gasteiger partial charge in [0.05, 0.1) is 21.3 Å². The number of benzene rings is 2. The average Bonchev–Trinajstić information content (AvgIpc) is 2.67. The number of allylic oxidation sites excluding steroid dienone is 1. The predicted molar refractivity (Wildman–Crippen MR) is 101 cm³/mol. The van der Waals surface area contributed by atoms with Crippen LogP contribution in [0, 0.1) is 0 Å². The van der Waals surface area contributed by atoms with Crippen LogP contribution < -0.4 is 18.9 Å². The smallest absolute Gasteiger partial charge is 0.161 e. The number of hydrogen-bond acceptors (Lipinski definition) is 5. The average molecular weight is 358 g/mol. The zero-order chi connectivity index (χ0) is 19.1. The largest absolute Gasteiger partial charge is 0.493 e. The van der Waals surface area contributed by atoms with E-state index in [-0.39, 0.29) is 0 Å². The summed E-state index contributed by atoms with van der Waals surface area (Å²) < 4.78 is 21.9. The van der Waals surface area contributed by atoms with E-state index in [4.69, 9.17) is 18.9 Å². The Hall–Kier alpha value is -2.66. The fraction of sp³-hybridized carbons (Fsp3) is 0.333. The highest BCUT2D eigenvalue weighted by Gasteiger charge is 2.21. The molecule has 5 nitrogen and oxygen atoms in total. The van der Waals surface area contributed by atoms with Gasteiger partial charge < -0.3 is 24.1 Å². The van der Waals surface area contributed by atoms with Gasteiger partial charge in [-0.1, -0.05) is 18.2 Å². The van der Waals surface area contributed by atoms with E-state index in [1.54, 1.807) is 46.5 Å². The van der Waals surface area contributed by atoms with Gasteiger partial charge in [-0.25, -0.2) is 0 Å². The molecule has 0 aliphatic rings. The molecular formula is C21H26O5. The Labute approximate surface area is 154 Å². The third kappa shape index (κ3) is 4.49. The Balaban J connectivity index is 2.18. The summed E-state index contributed by atoms with van der Waals surface area (Å²) in [4.78, 5) is 0. The van der Waals surface area contributed by atoms with Crippen molar-refractivity contribution in [3.63, 3.8) is 0 Å². The SMILES string of the molecule is C=CCc1ccc(O[C@@H](C)[C@@H](O)c2ccc(OC)c(OC)c2)c(OC)c1. The Morgan fingerprint density at radius 3 is 2.15 bits per heavy atom. The molecule has 0 aliphatic carbocycles. The van der Waals surface area contributed by atoms with Gasteiger partial charge in [-0.3, -0.25) is 0 Å². The van der Waals surface area contributed by atoms with Crippen LogP contribution in [0.4, 0.5) is 0 Å². The molecule has 1 N–H and O–H groups in total. The molecule has 0 amide bonds. The molecular weight excluding hydrogens is 332 g/mol. The normalized spacial score (nSPS) is 12.8. The van der Waals surface area contributed by atoms with E-state index in [0.29, 0.717) is 28.6 Å². The van der Waals surface area contributed by atoms with Gasteiger partial charge in [-0.15, -0.1) is 6.58 Å². The van der Waals surface area contributed by atoms with Crippen molar-refractivity contribution in [1.82, 2.24) is 0 Å². The minimum atomic E-state index is -0.840. The van der Waals surface area contributed by atoms with E-state index >= 15 is 0 Å². The van der Waals surface area contributed by atoms with Crippen LogP contribution in [-0.4, -0.2) is 32.5 Å². The summed E-state index contributed by atoms with van der Waals surface area (Å²) in [6, 6.07) is 11.0. The summed E-state index contributed by atoms with van der Waals surface area (Å²) in [5, 5.41) is 10.7. The molecule has 2 atom stereocenters. The maximum atomic E-state index is 10.7. The highest BCUT2D eigenvalue weighted by Crippen LogP contribution is 2.34. The monoisotopic (exact) mass is 358 g/mol. The van der Waals surface area contributed by atoms with Crippen LogP contribution in [0.15, 0.2) is 49.1 Å². The summed E-state index contributed by atoms with van der Waals surface area (Å²) >= 11 is 0. The summed E-state index contributed by atoms with van der Waals surface area (Å²) in [5.41, 5.74) is 1.76. The zero-order valence-corrected chi connectivity index (χ0v) is 15.7. The first-order chi connectivity index (χ1) is 12.5. The third-order valence-corrected chi connectivity index (χ3v) is 4.11. The van der Waals surface area contributed by atoms with Gasteiger partial charge in [-0.2, -0.15) is 0 Å². The second-order valence-electron chi connectivity index (χ2n) is 5.86. The first kappa shape index (κ1) is 19.7. The topological polar surface area (TPSA) is 57.2 Å². The quantitative estimate of drug-likeness (QED) is 0.688. The van der Waals surface area contributed by atoms with Gasteiger partial charge in [0.2, 0.25) is 0 Å². The highest BCUT2D eigenvalue weighted by atomic mass is 16.5. The van der Waals surface area contributed by atoms with E-state index in [0.717, 1.165) is 12.0 Å². The van der Waals surface area contributed by atoms with E-state index in [2.05, 4.69) is 6.58 Å². The van der Waals surface area contributed by atoms with Crippen molar-refractivity contribution in [2.24, 2.45) is 0 Å². The predicted octanol–water partition coefficient (Wildman–Crippen LogP) is 3.94. The lowest BCUT2D eigenvalue weighted by molar-refractivity contribution is 0.0449. The number of ether oxygens (including phenoxy) is 4. The van der Waals surface area contributed by atoms with E-state index in [1.165, 1.54) is 0 Å². The van der Waals surface area contributed by atoms with Crippen molar-refractivity contribution in [2.45, 2.75) is 25.6 Å². The van der Waals surface area contributed by atoms with Crippen molar-refractivity contribution in [3.05, 3.63) is 60.2 Å². The number of methoxy groups -OCH3 is 3. The van der Waals surface area contributed by atoms with Gasteiger partial charge in [0.1, 0.15) is 12.2 Å². The Morgan fingerprint density at radius 2 is 1.54 bits per heavy atom. The van der Waals surface area contributed by atoms with Crippen molar-refractivity contribution in [1.29, 1.82) is 0 Å². The molecule has 0 saturated carbocycles. The van der Waals surface area contributed by atoms with Crippen LogP contribution >= 0.6 is 0 Å². The maximum Gasteiger partial charge on any atom is 0.161 e. The first-order valence-corrected chi connectivity index (χ1v) is 8.38. The number of hydrogen-bond donors (Lipinski definition) is 1. The van der Waals surface area contributed by atoms with Gasteiger partial charge in [0, 0.05) is 0 Å². The summed E-state index contributed by atoms with van der Waals surface area (Å²) in [6.45, 7) is 5.55. The summed E-state index contributed by atoms with van der Waals surface area (Å²) in [7, 11) is 4.72. The number of aliphatic hydroxyl groups is 1. The van der Waals surface area contributed by atoms with Crippen molar-refractivity contribution < 1.29 is 24.1 Å². The first-order valence-electron chi connectivity index (χ1n) is 8.38. The second kappa shape index (κ2) is 9.15. The standard InChI is InChI=1S/C21H26O5/c1-6-7-15-8-10-18(19(12-15)24-4)26-14(2)21(22)16-9-11-17(23-3)20(13-16)25-5/h6,8-14,21-22H,1,7H2,2-5H3/t14-,21+/m0/s1. The Bertz CT molecular complexity index is 741. The second-order valence-corrected chi connectivity index (χ2v) is 5.86. The molecule has 0 aromatic heterocycles. The van der Waals surface area contributed by atoms with Gasteiger partial charge >= 0.3 is 0 Å². The highest BCUT2D eigenvalue weighted by molar-refractivity contribution is 5.45. The van der Waals surface area contributed by atoms with Crippen LogP contribution in [-0.2, 0) is 6.42 Å². The molecule has 2 aromatic rings. The Morgan fingerprint density at radius 1 is 0.923 bits per heavy atom. The van der Waals surface area contributed by atoms with E-state index in [1.807, 2.05) is 24.3 Å². The van der Waals surface area contributed by atoms with Gasteiger partial charge in [0.25, 0.3) is 0 Å². The fourth-order valence-electron chi connectivity index (χ4n) is 2.68. The van der Waals surface area contributed by atoms with Crippen molar-refractivity contribution in [3.8, 4) is 23.0 Å². The molecule has 5 heteroatoms. The molecule has 26 heavy (non-hydrogen) atoms. The fourth-order valence-corrected chi connectivity index (χ4v) is 2.68. The lowest BCUT2D eigenvalue weighted by Crippen LogP contribution is -2.22. The van der Waals surface area contributed by atoms with Crippen LogP contribution in [0.1, 0.15) is 24.2 Å². The maximum absolute atomic E-state index is 10.7. The molecule has 0 heterocycles. The molecule has 0 saturated heterocycles. The van der Waals surface area contributed by atoms with Crippen molar-refractivity contribution >= 4 is 0 Å². The molecule has 0 unspecified atom stereocenters. The number of rotatable bonds is 9. The molecule has 2 rings (SSSR count). The van der Waals surface area contributed by atoms with Crippen molar-refractivity contribution in [2.75, 3.05) is 21.3 Å². The summed E-state index contributed by atoms with van der Waals surface area (Å²) in [6.07, 6.45) is 1.25. The molecule has 0 spiro atoms. The van der Waals surface area contributed by atoms with Crippen LogP contribution in [0.25, 0.3) is 0 Å². The van der Waals surface area contributed by atoms with Crippen LogP contribution in [0.2, 0.25) is 0 Å². The minimum absolute atomic E-state index is 0.493. The zero-order valence-electron chi connectivity index (χ0n) is 15.7. The van der Waals surface area contributed by atoms with Gasteiger partial charge in [-0.05, 0) is 48.7 Å². The summed E-state index contributed by atoms with van der Waals surface area (Å²) in [5.74, 6) is 2.36. The lowest BCUT2D eigenvalue weighted by atomic mass is 10.0.